The molecule has 0 saturated carbocycles. The number of nitrogens with zero attached hydrogens (tertiary/aromatic N) is 2. The summed E-state index contributed by atoms with van der Waals surface area (Å²) in [6, 6.07) is 15.4. The van der Waals surface area contributed by atoms with Gasteiger partial charge in [0.15, 0.2) is 0 Å². The predicted octanol–water partition coefficient (Wildman–Crippen LogP) is 3.74. The molecular weight excluding hydrogens is 260 g/mol. The maximum atomic E-state index is 9.18. The van der Waals surface area contributed by atoms with E-state index in [-0.39, 0.29) is 0 Å². The first-order valence-corrected chi connectivity index (χ1v) is 6.60. The summed E-state index contributed by atoms with van der Waals surface area (Å²) in [7, 11) is 0. The third-order valence-corrected chi connectivity index (χ3v) is 3.39. The molecule has 4 heteroatoms. The zero-order chi connectivity index (χ0) is 14.8. The van der Waals surface area contributed by atoms with Crippen molar-refractivity contribution in [1.82, 2.24) is 4.98 Å². The number of rotatable bonds is 2. The molecule has 3 N–H and O–H groups in total. The Kier molecular flexibility index (Phi) is 3.17. The van der Waals surface area contributed by atoms with Crippen LogP contribution in [0.3, 0.4) is 0 Å². The largest absolute Gasteiger partial charge is 0.398 e. The van der Waals surface area contributed by atoms with Crippen LogP contribution in [0.25, 0.3) is 10.8 Å². The van der Waals surface area contributed by atoms with Gasteiger partial charge in [-0.1, -0.05) is 12.1 Å². The molecule has 1 aromatic heterocycles. The summed E-state index contributed by atoms with van der Waals surface area (Å²) in [5, 5.41) is 14.4. The van der Waals surface area contributed by atoms with Crippen LogP contribution in [0, 0.1) is 18.3 Å². The van der Waals surface area contributed by atoms with Crippen molar-refractivity contribution < 1.29 is 0 Å². The van der Waals surface area contributed by atoms with Crippen molar-refractivity contribution in [1.29, 1.82) is 5.26 Å². The summed E-state index contributed by atoms with van der Waals surface area (Å²) in [4.78, 5) is 4.29. The number of anilines is 3. The molecular formula is C17H14N4. The van der Waals surface area contributed by atoms with Crippen LogP contribution in [-0.4, -0.2) is 4.98 Å². The minimum absolute atomic E-state index is 0.605. The Bertz CT molecular complexity index is 862. The molecule has 0 bridgehead atoms. The SMILES string of the molecule is Cc1cc2c(Nc3ccccc3C#N)ccc(N)c2cn1. The number of para-hydroxylation sites is 1. The van der Waals surface area contributed by atoms with Gasteiger partial charge in [-0.3, -0.25) is 4.98 Å². The molecule has 0 spiro atoms. The van der Waals surface area contributed by atoms with Gasteiger partial charge < -0.3 is 11.1 Å². The first-order valence-electron chi connectivity index (χ1n) is 6.60. The zero-order valence-electron chi connectivity index (χ0n) is 11.6. The van der Waals surface area contributed by atoms with E-state index in [0.717, 1.165) is 27.8 Å². The van der Waals surface area contributed by atoms with Gasteiger partial charge in [0.05, 0.1) is 11.3 Å². The minimum Gasteiger partial charge on any atom is -0.398 e. The highest BCUT2D eigenvalue weighted by Crippen LogP contribution is 2.31. The number of benzene rings is 2. The maximum Gasteiger partial charge on any atom is 0.101 e. The van der Waals surface area contributed by atoms with Gasteiger partial charge in [-0.15, -0.1) is 0 Å². The lowest BCUT2D eigenvalue weighted by atomic mass is 10.1. The molecule has 0 fully saturated rings. The molecule has 1 heterocycles. The monoisotopic (exact) mass is 274 g/mol. The number of hydrogen-bond acceptors (Lipinski definition) is 4. The molecule has 0 atom stereocenters. The lowest BCUT2D eigenvalue weighted by Crippen LogP contribution is -1.97. The number of nitrogen functional groups attached to an aromatic ring is 1. The Morgan fingerprint density at radius 1 is 1.10 bits per heavy atom. The zero-order valence-corrected chi connectivity index (χ0v) is 11.6. The molecule has 0 aliphatic rings. The Morgan fingerprint density at radius 2 is 1.90 bits per heavy atom. The second-order valence-electron chi connectivity index (χ2n) is 4.86. The molecule has 0 unspecified atom stereocenters. The minimum atomic E-state index is 0.605. The molecule has 4 nitrogen and oxygen atoms in total. The summed E-state index contributed by atoms with van der Waals surface area (Å²) in [5.74, 6) is 0. The van der Waals surface area contributed by atoms with E-state index in [4.69, 9.17) is 5.73 Å². The van der Waals surface area contributed by atoms with Crippen LogP contribution in [0.5, 0.6) is 0 Å². The van der Waals surface area contributed by atoms with Gasteiger partial charge in [-0.05, 0) is 37.3 Å². The van der Waals surface area contributed by atoms with Crippen molar-refractivity contribution >= 4 is 27.8 Å². The van der Waals surface area contributed by atoms with Gasteiger partial charge in [-0.25, -0.2) is 0 Å². The van der Waals surface area contributed by atoms with Crippen molar-refractivity contribution in [3.8, 4) is 6.07 Å². The Hall–Kier alpha value is -3.06. The van der Waals surface area contributed by atoms with E-state index in [1.807, 2.05) is 43.3 Å². The first kappa shape index (κ1) is 12.9. The molecule has 0 aliphatic heterocycles. The van der Waals surface area contributed by atoms with Gasteiger partial charge >= 0.3 is 0 Å². The summed E-state index contributed by atoms with van der Waals surface area (Å²) in [5.41, 5.74) is 9.91. The number of nitrogens with one attached hydrogen (secondary N) is 1. The first-order chi connectivity index (χ1) is 10.2. The molecule has 2 aromatic carbocycles. The van der Waals surface area contributed by atoms with Gasteiger partial charge in [0.2, 0.25) is 0 Å². The normalized spacial score (nSPS) is 10.3. The number of pyridine rings is 1. The molecule has 21 heavy (non-hydrogen) atoms. The van der Waals surface area contributed by atoms with Gasteiger partial charge in [-0.2, -0.15) is 5.26 Å². The lowest BCUT2D eigenvalue weighted by molar-refractivity contribution is 1.22. The van der Waals surface area contributed by atoms with Crippen LogP contribution in [0.1, 0.15) is 11.3 Å². The fourth-order valence-electron chi connectivity index (χ4n) is 2.31. The van der Waals surface area contributed by atoms with E-state index in [1.54, 1.807) is 12.3 Å². The van der Waals surface area contributed by atoms with Crippen LogP contribution in [0.2, 0.25) is 0 Å². The smallest absolute Gasteiger partial charge is 0.101 e. The van der Waals surface area contributed by atoms with E-state index in [2.05, 4.69) is 16.4 Å². The topological polar surface area (TPSA) is 74.7 Å². The maximum absolute atomic E-state index is 9.18. The molecule has 3 aromatic rings. The second kappa shape index (κ2) is 5.14. The highest BCUT2D eigenvalue weighted by atomic mass is 14.9. The van der Waals surface area contributed by atoms with Gasteiger partial charge in [0, 0.05) is 34.0 Å². The fourth-order valence-corrected chi connectivity index (χ4v) is 2.31. The van der Waals surface area contributed by atoms with E-state index < -0.39 is 0 Å². The molecule has 0 amide bonds. The van der Waals surface area contributed by atoms with Crippen LogP contribution < -0.4 is 11.1 Å². The third kappa shape index (κ3) is 2.37. The van der Waals surface area contributed by atoms with Crippen LogP contribution in [-0.2, 0) is 0 Å². The molecule has 0 saturated heterocycles. The van der Waals surface area contributed by atoms with Crippen LogP contribution in [0.4, 0.5) is 17.1 Å². The van der Waals surface area contributed by atoms with Gasteiger partial charge in [0.25, 0.3) is 0 Å². The summed E-state index contributed by atoms with van der Waals surface area (Å²) < 4.78 is 0. The number of aromatic nitrogens is 1. The summed E-state index contributed by atoms with van der Waals surface area (Å²) in [6.45, 7) is 1.94. The van der Waals surface area contributed by atoms with E-state index in [0.29, 0.717) is 11.3 Å². The Balaban J connectivity index is 2.15. The van der Waals surface area contributed by atoms with Crippen LogP contribution in [0.15, 0.2) is 48.7 Å². The average Bonchev–Trinajstić information content (AvgIpc) is 2.50. The van der Waals surface area contributed by atoms with E-state index >= 15 is 0 Å². The summed E-state index contributed by atoms with van der Waals surface area (Å²) in [6.07, 6.45) is 1.78. The molecule has 0 radical (unpaired) electrons. The van der Waals surface area contributed by atoms with Crippen molar-refractivity contribution in [2.45, 2.75) is 6.92 Å². The quantitative estimate of drug-likeness (QED) is 0.698. The summed E-state index contributed by atoms with van der Waals surface area (Å²) >= 11 is 0. The van der Waals surface area contributed by atoms with Crippen molar-refractivity contribution in [2.24, 2.45) is 0 Å². The second-order valence-corrected chi connectivity index (χ2v) is 4.86. The number of fused-ring (bicyclic) bond motifs is 1. The van der Waals surface area contributed by atoms with Crippen molar-refractivity contribution in [2.75, 3.05) is 11.1 Å². The highest BCUT2D eigenvalue weighted by molar-refractivity contribution is 6.02. The molecule has 102 valence electrons. The number of hydrogen-bond donors (Lipinski definition) is 2. The number of nitriles is 1. The predicted molar refractivity (Wildman–Crippen MR) is 85.3 cm³/mol. The van der Waals surface area contributed by atoms with Crippen molar-refractivity contribution in [3.05, 3.63) is 59.9 Å². The third-order valence-electron chi connectivity index (χ3n) is 3.39. The van der Waals surface area contributed by atoms with E-state index in [1.165, 1.54) is 0 Å². The number of nitrogens with two attached hydrogens (primary N) is 1. The molecule has 0 aliphatic carbocycles. The van der Waals surface area contributed by atoms with E-state index in [9.17, 15) is 5.26 Å². The fraction of sp³-hybridized carbons (Fsp3) is 0.0588. The number of aryl methyl sites for hydroxylation is 1. The highest BCUT2D eigenvalue weighted by Gasteiger charge is 2.07. The lowest BCUT2D eigenvalue weighted by Gasteiger charge is -2.12. The standard InChI is InChI=1S/C17H14N4/c1-11-8-13-14(10-20-11)15(19)6-7-17(13)21-16-5-3-2-4-12(16)9-18/h2-8,10,21H,19H2,1H3. The Morgan fingerprint density at radius 3 is 2.71 bits per heavy atom. The van der Waals surface area contributed by atoms with Crippen molar-refractivity contribution in [3.63, 3.8) is 0 Å². The van der Waals surface area contributed by atoms with Gasteiger partial charge in [0.1, 0.15) is 6.07 Å². The average molecular weight is 274 g/mol. The van der Waals surface area contributed by atoms with Crippen LogP contribution >= 0.6 is 0 Å². The molecule has 3 rings (SSSR count). The Labute approximate surface area is 122 Å².